The van der Waals surface area contributed by atoms with Crippen LogP contribution in [0.15, 0.2) is 59.1 Å². The van der Waals surface area contributed by atoms with Crippen molar-refractivity contribution in [1.82, 2.24) is 9.80 Å². The number of methoxy groups -OCH3 is 1. The minimum absolute atomic E-state index is 0.0631. The average molecular weight is 760 g/mol. The number of cyclic esters (lactones) is 1. The monoisotopic (exact) mass is 758 g/mol. The van der Waals surface area contributed by atoms with E-state index in [0.717, 1.165) is 10.0 Å². The van der Waals surface area contributed by atoms with Crippen molar-refractivity contribution in [3.63, 3.8) is 0 Å². The molecule has 0 amide bonds. The molecule has 2 fully saturated rings. The number of ketones is 1. The molecule has 2 saturated heterocycles. The Morgan fingerprint density at radius 3 is 2.24 bits per heavy atom. The van der Waals surface area contributed by atoms with Gasteiger partial charge in [0.05, 0.1) is 35.5 Å². The summed E-state index contributed by atoms with van der Waals surface area (Å²) >= 11 is 3.51. The summed E-state index contributed by atoms with van der Waals surface area (Å²) in [5.74, 6) is -2.22. The zero-order chi connectivity index (χ0) is 37.0. The number of ether oxygens (including phenoxy) is 5. The summed E-state index contributed by atoms with van der Waals surface area (Å²) in [5.41, 5.74) is -1.10. The van der Waals surface area contributed by atoms with E-state index in [1.165, 1.54) is 0 Å². The standard InChI is InChI=1S/C39H55BrN2O8/c1-24-21-39(6,46-10)34(50-36-32(30(41(7)8)20-25(2)48-36)49-35(44)28-14-12-11-13-15-28)26(3)33(43)38(4,5)37(45)47-23-31(42(9)22-24)27-16-18-29(40)19-17-27/h11-19,24-26,30-32,34,36H,20-23H2,1-10H3/t24-,25-,26+,30+,31+,32-,34-,36+,39-/m1/s1. The highest BCUT2D eigenvalue weighted by Crippen LogP contribution is 2.39. The van der Waals surface area contributed by atoms with E-state index in [2.05, 4.69) is 27.8 Å². The summed E-state index contributed by atoms with van der Waals surface area (Å²) < 4.78 is 32.7. The highest BCUT2D eigenvalue weighted by atomic mass is 79.9. The Morgan fingerprint density at radius 1 is 1.00 bits per heavy atom. The first-order valence-corrected chi connectivity index (χ1v) is 18.2. The number of halogens is 1. The molecule has 276 valence electrons. The van der Waals surface area contributed by atoms with Gasteiger partial charge in [-0.15, -0.1) is 0 Å². The Hall–Kier alpha value is -2.67. The molecule has 0 radical (unpaired) electrons. The van der Waals surface area contributed by atoms with Crippen LogP contribution in [0.3, 0.4) is 0 Å². The SMILES string of the molecule is CO[C@]1(C)C[C@@H](C)CN(C)[C@H](c2ccc(Br)cc2)COC(=O)C(C)(C)C(=O)[C@H](C)[C@H]1O[C@@H]1O[C@H](C)C[C@H](N(C)C)[C@H]1OC(=O)c1ccccc1. The topological polar surface area (TPSA) is 104 Å². The van der Waals surface area contributed by atoms with Gasteiger partial charge < -0.3 is 28.6 Å². The quantitative estimate of drug-likeness (QED) is 0.236. The lowest BCUT2D eigenvalue weighted by Gasteiger charge is -2.47. The molecule has 0 saturated carbocycles. The van der Waals surface area contributed by atoms with E-state index >= 15 is 0 Å². The van der Waals surface area contributed by atoms with Crippen molar-refractivity contribution in [2.45, 2.75) is 96.7 Å². The highest BCUT2D eigenvalue weighted by Gasteiger charge is 2.52. The van der Waals surface area contributed by atoms with Crippen molar-refractivity contribution >= 4 is 33.7 Å². The molecule has 2 heterocycles. The molecule has 0 aliphatic carbocycles. The minimum Gasteiger partial charge on any atom is -0.463 e. The molecule has 0 aromatic heterocycles. The molecule has 2 aromatic rings. The van der Waals surface area contributed by atoms with Gasteiger partial charge in [0.15, 0.2) is 18.2 Å². The van der Waals surface area contributed by atoms with E-state index in [9.17, 15) is 14.4 Å². The molecule has 10 nitrogen and oxygen atoms in total. The number of benzene rings is 2. The van der Waals surface area contributed by atoms with Crippen molar-refractivity contribution in [3.8, 4) is 0 Å². The second-order valence-electron chi connectivity index (χ2n) is 15.1. The van der Waals surface area contributed by atoms with Gasteiger partial charge >= 0.3 is 11.9 Å². The van der Waals surface area contributed by atoms with Crippen molar-refractivity contribution in [2.24, 2.45) is 17.3 Å². The molecular weight excluding hydrogens is 704 g/mol. The molecule has 0 N–H and O–H groups in total. The summed E-state index contributed by atoms with van der Waals surface area (Å²) in [6.45, 7) is 11.7. The third-order valence-electron chi connectivity index (χ3n) is 10.4. The number of Topliss-reactive ketones (excluding diaryl/α,β-unsaturated/α-hetero) is 1. The Balaban J connectivity index is 1.74. The van der Waals surface area contributed by atoms with E-state index < -0.39 is 47.4 Å². The van der Waals surface area contributed by atoms with Gasteiger partial charge in [-0.05, 0) is 97.4 Å². The first-order chi connectivity index (χ1) is 23.5. The predicted molar refractivity (Wildman–Crippen MR) is 195 cm³/mol. The number of carbonyl (C=O) groups excluding carboxylic acids is 3. The van der Waals surface area contributed by atoms with Gasteiger partial charge in [-0.2, -0.15) is 0 Å². The van der Waals surface area contributed by atoms with Gasteiger partial charge in [0, 0.05) is 24.0 Å². The lowest BCUT2D eigenvalue weighted by molar-refractivity contribution is -0.295. The molecule has 0 spiro atoms. The Morgan fingerprint density at radius 2 is 1.64 bits per heavy atom. The maximum absolute atomic E-state index is 14.5. The number of likely N-dealkylation sites (N-methyl/N-ethyl adjacent to an activating group) is 2. The minimum atomic E-state index is -1.50. The maximum Gasteiger partial charge on any atom is 0.338 e. The number of rotatable bonds is 7. The lowest BCUT2D eigenvalue weighted by Crippen LogP contribution is -2.60. The Kier molecular flexibility index (Phi) is 13.5. The molecule has 50 heavy (non-hydrogen) atoms. The number of hydrogen-bond donors (Lipinski definition) is 0. The van der Waals surface area contributed by atoms with Crippen LogP contribution < -0.4 is 0 Å². The second kappa shape index (κ2) is 16.8. The third kappa shape index (κ3) is 9.21. The fraction of sp³-hybridized carbons (Fsp3) is 0.615. The van der Waals surface area contributed by atoms with Crippen LogP contribution in [0, 0.1) is 17.3 Å². The summed E-state index contributed by atoms with van der Waals surface area (Å²) in [4.78, 5) is 45.8. The van der Waals surface area contributed by atoms with E-state index in [-0.39, 0.29) is 36.5 Å². The second-order valence-corrected chi connectivity index (χ2v) is 16.0. The van der Waals surface area contributed by atoms with Crippen LogP contribution in [0.4, 0.5) is 0 Å². The molecule has 0 bridgehead atoms. The van der Waals surface area contributed by atoms with Crippen LogP contribution in [-0.4, -0.2) is 105 Å². The molecular formula is C39H55BrN2O8. The van der Waals surface area contributed by atoms with Crippen LogP contribution in [-0.2, 0) is 33.3 Å². The molecule has 0 unspecified atom stereocenters. The van der Waals surface area contributed by atoms with Crippen molar-refractivity contribution < 1.29 is 38.1 Å². The zero-order valence-corrected chi connectivity index (χ0v) is 32.8. The third-order valence-corrected chi connectivity index (χ3v) is 10.9. The highest BCUT2D eigenvalue weighted by molar-refractivity contribution is 9.10. The molecule has 11 heteroatoms. The van der Waals surface area contributed by atoms with Crippen LogP contribution in [0.5, 0.6) is 0 Å². The van der Waals surface area contributed by atoms with Crippen LogP contribution >= 0.6 is 15.9 Å². The molecule has 2 aromatic carbocycles. The lowest BCUT2D eigenvalue weighted by atomic mass is 9.74. The van der Waals surface area contributed by atoms with Crippen LogP contribution in [0.25, 0.3) is 0 Å². The number of esters is 2. The fourth-order valence-electron chi connectivity index (χ4n) is 7.46. The normalized spacial score (nSPS) is 33.1. The van der Waals surface area contributed by atoms with E-state index in [0.29, 0.717) is 24.9 Å². The average Bonchev–Trinajstić information content (AvgIpc) is 3.07. The zero-order valence-electron chi connectivity index (χ0n) is 31.2. The molecule has 2 aliphatic rings. The van der Waals surface area contributed by atoms with E-state index in [4.69, 9.17) is 23.7 Å². The van der Waals surface area contributed by atoms with Crippen LogP contribution in [0.2, 0.25) is 0 Å². The van der Waals surface area contributed by atoms with Gasteiger partial charge in [-0.25, -0.2) is 4.79 Å². The van der Waals surface area contributed by atoms with Crippen LogP contribution in [0.1, 0.15) is 76.3 Å². The van der Waals surface area contributed by atoms with Crippen molar-refractivity contribution in [2.75, 3.05) is 41.4 Å². The molecule has 9 atom stereocenters. The maximum atomic E-state index is 14.5. The number of hydrogen-bond acceptors (Lipinski definition) is 10. The summed E-state index contributed by atoms with van der Waals surface area (Å²) in [6.07, 6.45) is -1.86. The first kappa shape index (κ1) is 40.1. The van der Waals surface area contributed by atoms with Gasteiger partial charge in [-0.3, -0.25) is 14.5 Å². The largest absolute Gasteiger partial charge is 0.463 e. The number of carbonyl (C=O) groups is 3. The molecule has 4 rings (SSSR count). The Labute approximate surface area is 306 Å². The van der Waals surface area contributed by atoms with Gasteiger partial charge in [0.25, 0.3) is 0 Å². The van der Waals surface area contributed by atoms with Gasteiger partial charge in [-0.1, -0.05) is 60.1 Å². The van der Waals surface area contributed by atoms with Gasteiger partial charge in [0.2, 0.25) is 0 Å². The predicted octanol–water partition coefficient (Wildman–Crippen LogP) is 6.32. The Bertz CT molecular complexity index is 1450. The summed E-state index contributed by atoms with van der Waals surface area (Å²) in [5, 5.41) is 0. The fourth-order valence-corrected chi connectivity index (χ4v) is 7.73. The summed E-state index contributed by atoms with van der Waals surface area (Å²) in [7, 11) is 7.49. The van der Waals surface area contributed by atoms with Gasteiger partial charge in [0.1, 0.15) is 12.0 Å². The van der Waals surface area contributed by atoms with E-state index in [1.54, 1.807) is 52.1 Å². The molecule has 2 aliphatic heterocycles. The smallest absolute Gasteiger partial charge is 0.338 e. The number of nitrogens with zero attached hydrogens (tertiary/aromatic N) is 2. The van der Waals surface area contributed by atoms with Crippen molar-refractivity contribution in [1.29, 1.82) is 0 Å². The first-order valence-electron chi connectivity index (χ1n) is 17.4. The van der Waals surface area contributed by atoms with Crippen molar-refractivity contribution in [3.05, 3.63) is 70.2 Å². The summed E-state index contributed by atoms with van der Waals surface area (Å²) in [6, 6.07) is 16.3. The van der Waals surface area contributed by atoms with E-state index in [1.807, 2.05) is 70.2 Å².